The molecule has 3 unspecified atom stereocenters. The number of rotatable bonds is 7. The van der Waals surface area contributed by atoms with Crippen LogP contribution in [0.15, 0.2) is 36.4 Å². The van der Waals surface area contributed by atoms with Crippen molar-refractivity contribution in [2.45, 2.75) is 82.8 Å². The SMILES string of the molecule is C[C@H](C(=O)O)[C@H](c1ccc2c(c1)OC(C1C3CCC1CN([C@H](C)c1cc(C(F)(F)F)ccc1C(F)(F)F)C3)CC2)C1CC1. The van der Waals surface area contributed by atoms with Crippen LogP contribution in [0.4, 0.5) is 26.3 Å². The second-order valence-corrected chi connectivity index (χ2v) is 13.2. The maximum atomic E-state index is 13.9. The number of hydrogen-bond acceptors (Lipinski definition) is 3. The van der Waals surface area contributed by atoms with Crippen molar-refractivity contribution in [2.75, 3.05) is 13.1 Å². The Balaban J connectivity index is 1.20. The average molecular weight is 610 g/mol. The highest BCUT2D eigenvalue weighted by Crippen LogP contribution is 2.51. The smallest absolute Gasteiger partial charge is 0.416 e. The molecule has 0 amide bonds. The van der Waals surface area contributed by atoms with Crippen LogP contribution in [0.1, 0.15) is 85.7 Å². The number of piperidine rings is 1. The van der Waals surface area contributed by atoms with E-state index >= 15 is 0 Å². The molecule has 2 bridgehead atoms. The summed E-state index contributed by atoms with van der Waals surface area (Å²) in [7, 11) is 0. The van der Waals surface area contributed by atoms with Gasteiger partial charge in [-0.2, -0.15) is 26.3 Å². The van der Waals surface area contributed by atoms with Crippen LogP contribution in [-0.2, 0) is 23.6 Å². The van der Waals surface area contributed by atoms with E-state index < -0.39 is 41.4 Å². The van der Waals surface area contributed by atoms with Gasteiger partial charge in [-0.25, -0.2) is 0 Å². The lowest BCUT2D eigenvalue weighted by Gasteiger charge is -2.45. The molecule has 234 valence electrons. The largest absolute Gasteiger partial charge is 0.490 e. The minimum atomic E-state index is -4.76. The van der Waals surface area contributed by atoms with Gasteiger partial charge in [-0.3, -0.25) is 9.69 Å². The lowest BCUT2D eigenvalue weighted by molar-refractivity contribution is -0.142. The first kappa shape index (κ1) is 30.3. The van der Waals surface area contributed by atoms with Gasteiger partial charge in [0.15, 0.2) is 0 Å². The number of likely N-dealkylation sites (tertiary alicyclic amines) is 1. The van der Waals surface area contributed by atoms with Crippen LogP contribution < -0.4 is 4.74 Å². The highest BCUT2D eigenvalue weighted by atomic mass is 19.4. The summed E-state index contributed by atoms with van der Waals surface area (Å²) in [6.07, 6.45) is -4.05. The molecule has 0 radical (unpaired) electrons. The first-order valence-corrected chi connectivity index (χ1v) is 15.3. The number of carbonyl (C=O) groups is 1. The molecule has 2 aliphatic carbocycles. The summed E-state index contributed by atoms with van der Waals surface area (Å²) in [4.78, 5) is 13.7. The zero-order valence-electron chi connectivity index (χ0n) is 24.2. The molecule has 10 heteroatoms. The molecule has 43 heavy (non-hydrogen) atoms. The van der Waals surface area contributed by atoms with Gasteiger partial charge in [0, 0.05) is 25.0 Å². The Labute approximate surface area is 247 Å². The Morgan fingerprint density at radius 1 is 0.907 bits per heavy atom. The van der Waals surface area contributed by atoms with Crippen molar-refractivity contribution in [2.24, 2.45) is 29.6 Å². The van der Waals surface area contributed by atoms with E-state index in [-0.39, 0.29) is 35.3 Å². The van der Waals surface area contributed by atoms with E-state index in [9.17, 15) is 36.2 Å². The molecule has 0 spiro atoms. The molecule has 2 aromatic carbocycles. The van der Waals surface area contributed by atoms with Gasteiger partial charge in [-0.05, 0) is 110 Å². The summed E-state index contributed by atoms with van der Waals surface area (Å²) in [5.74, 6) is 0.336. The molecule has 4 nitrogen and oxygen atoms in total. The molecular formula is C33H37F6NO3. The standard InChI is InChI=1S/C33H37F6NO3/c1-17(31(41)42)29(20-4-5-20)21-6-3-19-9-12-27(43-28(19)13-21)30-22-7-8-23(30)16-40(15-22)18(2)25-14-24(32(34,35)36)10-11-26(25)33(37,38)39/h3,6,10-11,13-14,17-18,20,22-23,27,29-30H,4-5,7-9,12,15-16H2,1-2H3,(H,41,42)/t17-,18+,22?,23?,27?,29-,30?/m0/s1. The lowest BCUT2D eigenvalue weighted by atomic mass is 9.77. The van der Waals surface area contributed by atoms with Gasteiger partial charge in [0.25, 0.3) is 0 Å². The number of aryl methyl sites for hydroxylation is 1. The molecule has 2 saturated carbocycles. The van der Waals surface area contributed by atoms with Crippen molar-refractivity contribution >= 4 is 5.97 Å². The van der Waals surface area contributed by atoms with Crippen LogP contribution in [0.5, 0.6) is 5.75 Å². The molecule has 2 aromatic rings. The summed E-state index contributed by atoms with van der Waals surface area (Å²) in [6.45, 7) is 4.34. The third kappa shape index (κ3) is 5.88. The van der Waals surface area contributed by atoms with Crippen molar-refractivity contribution in [1.82, 2.24) is 4.90 Å². The van der Waals surface area contributed by atoms with Crippen molar-refractivity contribution in [3.05, 3.63) is 64.2 Å². The van der Waals surface area contributed by atoms with E-state index in [2.05, 4.69) is 6.07 Å². The minimum absolute atomic E-state index is 0.0618. The number of hydrogen-bond donors (Lipinski definition) is 1. The number of alkyl halides is 6. The number of carboxylic acid groups (broad SMARTS) is 1. The van der Waals surface area contributed by atoms with Gasteiger partial charge in [0.2, 0.25) is 0 Å². The van der Waals surface area contributed by atoms with Crippen LogP contribution in [0.3, 0.4) is 0 Å². The van der Waals surface area contributed by atoms with Gasteiger partial charge in [-0.15, -0.1) is 0 Å². The minimum Gasteiger partial charge on any atom is -0.490 e. The molecule has 6 rings (SSSR count). The second kappa shape index (κ2) is 11.0. The van der Waals surface area contributed by atoms with Crippen LogP contribution in [-0.4, -0.2) is 35.2 Å². The molecular weight excluding hydrogens is 572 g/mol. The summed E-state index contributed by atoms with van der Waals surface area (Å²) in [5.41, 5.74) is -0.343. The maximum absolute atomic E-state index is 13.9. The van der Waals surface area contributed by atoms with Gasteiger partial charge in [-0.1, -0.05) is 19.1 Å². The van der Waals surface area contributed by atoms with E-state index in [0.717, 1.165) is 55.4 Å². The average Bonchev–Trinajstić information content (AvgIpc) is 3.74. The summed E-state index contributed by atoms with van der Waals surface area (Å²) in [6, 6.07) is 7.02. The van der Waals surface area contributed by atoms with E-state index in [1.807, 2.05) is 17.0 Å². The Kier molecular flexibility index (Phi) is 7.75. The number of nitrogens with zero attached hydrogens (tertiary/aromatic N) is 1. The van der Waals surface area contributed by atoms with Gasteiger partial charge < -0.3 is 9.84 Å². The quantitative estimate of drug-likeness (QED) is 0.321. The van der Waals surface area contributed by atoms with Crippen molar-refractivity contribution in [3.63, 3.8) is 0 Å². The molecule has 6 atom stereocenters. The lowest BCUT2D eigenvalue weighted by Crippen LogP contribution is -2.49. The number of carboxylic acids is 1. The van der Waals surface area contributed by atoms with Crippen molar-refractivity contribution < 1.29 is 41.0 Å². The highest BCUT2D eigenvalue weighted by Gasteiger charge is 2.49. The monoisotopic (exact) mass is 609 g/mol. The maximum Gasteiger partial charge on any atom is 0.416 e. The number of ether oxygens (including phenoxy) is 1. The highest BCUT2D eigenvalue weighted by molar-refractivity contribution is 5.71. The molecule has 4 aliphatic rings. The molecule has 1 saturated heterocycles. The van der Waals surface area contributed by atoms with E-state index in [1.165, 1.54) is 0 Å². The molecule has 0 aromatic heterocycles. The zero-order valence-corrected chi connectivity index (χ0v) is 24.2. The fourth-order valence-corrected chi connectivity index (χ4v) is 8.23. The summed E-state index contributed by atoms with van der Waals surface area (Å²) >= 11 is 0. The summed E-state index contributed by atoms with van der Waals surface area (Å²) < 4.78 is 88.6. The van der Waals surface area contributed by atoms with Crippen LogP contribution in [0.2, 0.25) is 0 Å². The molecule has 2 heterocycles. The Bertz CT molecular complexity index is 1360. The number of benzene rings is 2. The summed E-state index contributed by atoms with van der Waals surface area (Å²) in [5, 5.41) is 9.70. The topological polar surface area (TPSA) is 49.8 Å². The molecule has 3 fully saturated rings. The van der Waals surface area contributed by atoms with E-state index in [4.69, 9.17) is 4.74 Å². The van der Waals surface area contributed by atoms with Crippen LogP contribution >= 0.6 is 0 Å². The van der Waals surface area contributed by atoms with Gasteiger partial charge in [0.1, 0.15) is 11.9 Å². The number of aliphatic carboxylic acids is 1. The second-order valence-electron chi connectivity index (χ2n) is 13.2. The van der Waals surface area contributed by atoms with Crippen LogP contribution in [0.25, 0.3) is 0 Å². The Morgan fingerprint density at radius 3 is 2.16 bits per heavy atom. The Morgan fingerprint density at radius 2 is 1.58 bits per heavy atom. The fraction of sp³-hybridized carbons (Fsp3) is 0.606. The predicted octanol–water partition coefficient (Wildman–Crippen LogP) is 8.35. The van der Waals surface area contributed by atoms with Gasteiger partial charge in [0.05, 0.1) is 17.0 Å². The fourth-order valence-electron chi connectivity index (χ4n) is 8.23. The number of halogens is 6. The van der Waals surface area contributed by atoms with Crippen molar-refractivity contribution in [3.8, 4) is 5.75 Å². The molecule has 1 N–H and O–H groups in total. The third-order valence-electron chi connectivity index (χ3n) is 10.6. The normalized spacial score (nSPS) is 28.1. The van der Waals surface area contributed by atoms with E-state index in [0.29, 0.717) is 37.2 Å². The van der Waals surface area contributed by atoms with Gasteiger partial charge >= 0.3 is 18.3 Å². The van der Waals surface area contributed by atoms with E-state index in [1.54, 1.807) is 13.8 Å². The van der Waals surface area contributed by atoms with Crippen molar-refractivity contribution in [1.29, 1.82) is 0 Å². The third-order valence-corrected chi connectivity index (χ3v) is 10.6. The van der Waals surface area contributed by atoms with Crippen LogP contribution in [0, 0.1) is 29.6 Å². The first-order chi connectivity index (χ1) is 20.2. The zero-order chi connectivity index (χ0) is 30.8. The number of fused-ring (bicyclic) bond motifs is 3. The molecule has 2 aliphatic heterocycles. The Hall–Kier alpha value is -2.75. The first-order valence-electron chi connectivity index (χ1n) is 15.3. The predicted molar refractivity (Wildman–Crippen MR) is 148 cm³/mol.